The number of nitriles is 1. The van der Waals surface area contributed by atoms with Gasteiger partial charge in [0.15, 0.2) is 0 Å². The molecule has 3 N–H and O–H groups in total. The van der Waals surface area contributed by atoms with Crippen molar-refractivity contribution in [3.05, 3.63) is 27.7 Å². The Kier molecular flexibility index (Phi) is 3.44. The molecular weight excluding hydrogens is 251 g/mol. The predicted molar refractivity (Wildman–Crippen MR) is 53.4 cm³/mol. The van der Waals surface area contributed by atoms with E-state index in [1.165, 1.54) is 12.1 Å². The summed E-state index contributed by atoms with van der Waals surface area (Å²) in [6, 6.07) is 3.82. The van der Waals surface area contributed by atoms with Gasteiger partial charge in [0.05, 0.1) is 22.1 Å². The Morgan fingerprint density at radius 1 is 1.64 bits per heavy atom. The summed E-state index contributed by atoms with van der Waals surface area (Å²) >= 11 is 3.06. The van der Waals surface area contributed by atoms with Crippen molar-refractivity contribution >= 4 is 15.9 Å². The standard InChI is InChI=1S/C9H8BrFN2O/c10-7-2-5(4-12)1-6(9(7)14)8(13)3-11/h1-2,8,14H,3,13H2/t8-/m1/s1. The van der Waals surface area contributed by atoms with E-state index in [-0.39, 0.29) is 11.3 Å². The van der Waals surface area contributed by atoms with Crippen LogP contribution in [0.4, 0.5) is 4.39 Å². The van der Waals surface area contributed by atoms with Gasteiger partial charge in [-0.3, -0.25) is 0 Å². The Hall–Kier alpha value is -1.12. The third-order valence-corrected chi connectivity index (χ3v) is 2.39. The number of aromatic hydroxyl groups is 1. The van der Waals surface area contributed by atoms with Crippen LogP contribution in [0, 0.1) is 11.3 Å². The Morgan fingerprint density at radius 2 is 2.29 bits per heavy atom. The topological polar surface area (TPSA) is 70.0 Å². The summed E-state index contributed by atoms with van der Waals surface area (Å²) in [6.45, 7) is -0.783. The second-order valence-corrected chi connectivity index (χ2v) is 3.62. The molecule has 1 rings (SSSR count). The Bertz CT molecular complexity index is 389. The summed E-state index contributed by atoms with van der Waals surface area (Å²) in [5, 5.41) is 18.2. The summed E-state index contributed by atoms with van der Waals surface area (Å²) in [7, 11) is 0. The lowest BCUT2D eigenvalue weighted by Gasteiger charge is -2.11. The van der Waals surface area contributed by atoms with E-state index in [0.717, 1.165) is 0 Å². The molecule has 74 valence electrons. The van der Waals surface area contributed by atoms with Gasteiger partial charge in [-0.1, -0.05) is 0 Å². The highest BCUT2D eigenvalue weighted by Crippen LogP contribution is 2.32. The van der Waals surface area contributed by atoms with E-state index in [1.54, 1.807) is 0 Å². The molecule has 0 bridgehead atoms. The lowest BCUT2D eigenvalue weighted by atomic mass is 10.0. The summed E-state index contributed by atoms with van der Waals surface area (Å²) in [6.07, 6.45) is 0. The van der Waals surface area contributed by atoms with Gasteiger partial charge >= 0.3 is 0 Å². The van der Waals surface area contributed by atoms with Gasteiger partial charge in [-0.25, -0.2) is 4.39 Å². The van der Waals surface area contributed by atoms with Gasteiger partial charge in [-0.2, -0.15) is 5.26 Å². The summed E-state index contributed by atoms with van der Waals surface area (Å²) in [5.74, 6) is -0.117. The molecule has 0 spiro atoms. The SMILES string of the molecule is N#Cc1cc(Br)c(O)c([C@H](N)CF)c1. The van der Waals surface area contributed by atoms with Crippen molar-refractivity contribution in [1.82, 2.24) is 0 Å². The highest BCUT2D eigenvalue weighted by atomic mass is 79.9. The molecule has 1 aromatic rings. The molecule has 0 radical (unpaired) electrons. The maximum atomic E-state index is 12.3. The zero-order valence-corrected chi connectivity index (χ0v) is 8.75. The van der Waals surface area contributed by atoms with Crippen LogP contribution in [0.25, 0.3) is 0 Å². The van der Waals surface area contributed by atoms with E-state index in [1.807, 2.05) is 6.07 Å². The Morgan fingerprint density at radius 3 is 2.79 bits per heavy atom. The number of halogens is 2. The molecule has 14 heavy (non-hydrogen) atoms. The number of hydrogen-bond acceptors (Lipinski definition) is 3. The molecule has 0 amide bonds. The monoisotopic (exact) mass is 258 g/mol. The van der Waals surface area contributed by atoms with E-state index < -0.39 is 12.7 Å². The molecule has 0 aliphatic heterocycles. The normalized spacial score (nSPS) is 12.1. The molecule has 1 atom stereocenters. The molecule has 0 saturated carbocycles. The number of phenolic OH excluding ortho intramolecular Hbond substituents is 1. The quantitative estimate of drug-likeness (QED) is 0.853. The predicted octanol–water partition coefficient (Wildman–Crippen LogP) is 2.00. The fourth-order valence-electron chi connectivity index (χ4n) is 1.05. The van der Waals surface area contributed by atoms with Gasteiger partial charge in [0.2, 0.25) is 0 Å². The molecule has 0 heterocycles. The number of nitrogens with zero attached hydrogens (tertiary/aromatic N) is 1. The third-order valence-electron chi connectivity index (χ3n) is 1.79. The number of nitrogens with two attached hydrogens (primary N) is 1. The average molecular weight is 259 g/mol. The van der Waals surface area contributed by atoms with Crippen LogP contribution >= 0.6 is 15.9 Å². The first kappa shape index (κ1) is 11.0. The Labute approximate surface area is 89.1 Å². The second kappa shape index (κ2) is 4.40. The zero-order chi connectivity index (χ0) is 10.7. The van der Waals surface area contributed by atoms with Crippen molar-refractivity contribution < 1.29 is 9.50 Å². The molecule has 1 aromatic carbocycles. The van der Waals surface area contributed by atoms with E-state index in [0.29, 0.717) is 10.0 Å². The van der Waals surface area contributed by atoms with Crippen LogP contribution in [0.5, 0.6) is 5.75 Å². The molecule has 0 aliphatic rings. The smallest absolute Gasteiger partial charge is 0.134 e. The van der Waals surface area contributed by atoms with Crippen molar-refractivity contribution in [2.45, 2.75) is 6.04 Å². The third kappa shape index (κ3) is 2.03. The van der Waals surface area contributed by atoms with Gasteiger partial charge in [-0.15, -0.1) is 0 Å². The van der Waals surface area contributed by atoms with E-state index in [2.05, 4.69) is 15.9 Å². The number of alkyl halides is 1. The summed E-state index contributed by atoms with van der Waals surface area (Å²) in [5.41, 5.74) is 5.98. The molecule has 3 nitrogen and oxygen atoms in total. The Balaban J connectivity index is 3.28. The first-order valence-electron chi connectivity index (χ1n) is 3.84. The van der Waals surface area contributed by atoms with Crippen molar-refractivity contribution in [2.75, 3.05) is 6.67 Å². The number of hydrogen-bond donors (Lipinski definition) is 2. The van der Waals surface area contributed by atoms with Crippen molar-refractivity contribution in [3.63, 3.8) is 0 Å². The molecule has 0 aromatic heterocycles. The fraction of sp³-hybridized carbons (Fsp3) is 0.222. The van der Waals surface area contributed by atoms with Gasteiger partial charge in [0.1, 0.15) is 12.4 Å². The largest absolute Gasteiger partial charge is 0.506 e. The van der Waals surface area contributed by atoms with Crippen LogP contribution in [0.15, 0.2) is 16.6 Å². The van der Waals surface area contributed by atoms with Crippen LogP contribution in [0.2, 0.25) is 0 Å². The van der Waals surface area contributed by atoms with Gasteiger partial charge < -0.3 is 10.8 Å². The lowest BCUT2D eigenvalue weighted by molar-refractivity contribution is 0.413. The number of benzene rings is 1. The van der Waals surface area contributed by atoms with Crippen LogP contribution in [0.3, 0.4) is 0 Å². The highest BCUT2D eigenvalue weighted by molar-refractivity contribution is 9.10. The zero-order valence-electron chi connectivity index (χ0n) is 7.17. The van der Waals surface area contributed by atoms with Crippen LogP contribution in [-0.4, -0.2) is 11.8 Å². The molecular formula is C9H8BrFN2O. The minimum atomic E-state index is -0.903. The number of rotatable bonds is 2. The van der Waals surface area contributed by atoms with Crippen LogP contribution in [-0.2, 0) is 0 Å². The van der Waals surface area contributed by atoms with Gasteiger partial charge in [0, 0.05) is 5.56 Å². The van der Waals surface area contributed by atoms with E-state index in [9.17, 15) is 9.50 Å². The first-order chi connectivity index (χ1) is 6.60. The van der Waals surface area contributed by atoms with Crippen molar-refractivity contribution in [3.8, 4) is 11.8 Å². The first-order valence-corrected chi connectivity index (χ1v) is 4.63. The summed E-state index contributed by atoms with van der Waals surface area (Å²) < 4.78 is 12.6. The van der Waals surface area contributed by atoms with Crippen LogP contribution < -0.4 is 5.73 Å². The van der Waals surface area contributed by atoms with E-state index in [4.69, 9.17) is 11.0 Å². The van der Waals surface area contributed by atoms with Crippen LogP contribution in [0.1, 0.15) is 17.2 Å². The minimum Gasteiger partial charge on any atom is -0.506 e. The van der Waals surface area contributed by atoms with Crippen molar-refractivity contribution in [1.29, 1.82) is 5.26 Å². The molecule has 0 fully saturated rings. The average Bonchev–Trinajstić information content (AvgIpc) is 2.20. The molecule has 0 aliphatic carbocycles. The van der Waals surface area contributed by atoms with Gasteiger partial charge in [-0.05, 0) is 28.1 Å². The van der Waals surface area contributed by atoms with E-state index >= 15 is 0 Å². The maximum Gasteiger partial charge on any atom is 0.134 e. The highest BCUT2D eigenvalue weighted by Gasteiger charge is 2.14. The lowest BCUT2D eigenvalue weighted by Crippen LogP contribution is -2.12. The molecule has 0 saturated heterocycles. The van der Waals surface area contributed by atoms with Gasteiger partial charge in [0.25, 0.3) is 0 Å². The second-order valence-electron chi connectivity index (χ2n) is 2.77. The molecule has 0 unspecified atom stereocenters. The van der Waals surface area contributed by atoms with Crippen molar-refractivity contribution in [2.24, 2.45) is 5.73 Å². The number of phenols is 1. The molecule has 5 heteroatoms. The fourth-order valence-corrected chi connectivity index (χ4v) is 1.53. The maximum absolute atomic E-state index is 12.3. The minimum absolute atomic E-state index is 0.117. The summed E-state index contributed by atoms with van der Waals surface area (Å²) in [4.78, 5) is 0.